The fourth-order valence-electron chi connectivity index (χ4n) is 3.74. The summed E-state index contributed by atoms with van der Waals surface area (Å²) in [6.07, 6.45) is 2.87. The fourth-order valence-corrected chi connectivity index (χ4v) is 5.17. The normalized spacial score (nSPS) is 17.6. The summed E-state index contributed by atoms with van der Waals surface area (Å²) in [6.45, 7) is 4.04. The molecular formula is C23H28ClN3O3S. The highest BCUT2D eigenvalue weighted by Crippen LogP contribution is 2.22. The van der Waals surface area contributed by atoms with E-state index in [0.717, 1.165) is 56.2 Å². The number of carbonyl (C=O) groups is 1. The van der Waals surface area contributed by atoms with Crippen molar-refractivity contribution >= 4 is 27.5 Å². The van der Waals surface area contributed by atoms with Crippen LogP contribution >= 0.6 is 11.6 Å². The van der Waals surface area contributed by atoms with Crippen LogP contribution in [0.1, 0.15) is 30.4 Å². The van der Waals surface area contributed by atoms with Crippen molar-refractivity contribution in [1.29, 1.82) is 0 Å². The predicted octanol–water partition coefficient (Wildman–Crippen LogP) is 3.06. The van der Waals surface area contributed by atoms with E-state index in [-0.39, 0.29) is 16.8 Å². The summed E-state index contributed by atoms with van der Waals surface area (Å²) in [5, 5.41) is 0.741. The third-order valence-corrected chi connectivity index (χ3v) is 7.59. The maximum atomic E-state index is 12.6. The van der Waals surface area contributed by atoms with Crippen LogP contribution in [-0.2, 0) is 27.8 Å². The molecule has 1 amide bonds. The molecule has 1 aliphatic heterocycles. The van der Waals surface area contributed by atoms with Gasteiger partial charge in [-0.3, -0.25) is 9.69 Å². The SMILES string of the molecule is O=C(CCc1ccc(S(=O)(=O)NC2CC2)cc1)N1CCN(Cc2ccc(Cl)cc2)CC1. The minimum atomic E-state index is -3.43. The molecule has 31 heavy (non-hydrogen) atoms. The summed E-state index contributed by atoms with van der Waals surface area (Å²) >= 11 is 5.94. The molecule has 1 saturated carbocycles. The predicted molar refractivity (Wildman–Crippen MR) is 121 cm³/mol. The summed E-state index contributed by atoms with van der Waals surface area (Å²) < 4.78 is 27.2. The molecule has 0 radical (unpaired) electrons. The van der Waals surface area contributed by atoms with E-state index in [2.05, 4.69) is 9.62 Å². The largest absolute Gasteiger partial charge is 0.340 e. The number of halogens is 1. The molecule has 1 N–H and O–H groups in total. The quantitative estimate of drug-likeness (QED) is 0.656. The minimum Gasteiger partial charge on any atom is -0.340 e. The molecule has 166 valence electrons. The van der Waals surface area contributed by atoms with Crippen LogP contribution in [0.25, 0.3) is 0 Å². The Kier molecular flexibility index (Phi) is 6.96. The van der Waals surface area contributed by atoms with Gasteiger partial charge in [-0.25, -0.2) is 13.1 Å². The van der Waals surface area contributed by atoms with Gasteiger partial charge in [-0.2, -0.15) is 0 Å². The minimum absolute atomic E-state index is 0.0916. The molecule has 6 nitrogen and oxygen atoms in total. The van der Waals surface area contributed by atoms with Crippen LogP contribution in [-0.4, -0.2) is 56.3 Å². The van der Waals surface area contributed by atoms with E-state index in [0.29, 0.717) is 12.8 Å². The smallest absolute Gasteiger partial charge is 0.240 e. The average Bonchev–Trinajstić information content (AvgIpc) is 3.58. The Morgan fingerprint density at radius 1 is 0.935 bits per heavy atom. The van der Waals surface area contributed by atoms with Crippen molar-refractivity contribution in [3.05, 3.63) is 64.7 Å². The highest BCUT2D eigenvalue weighted by atomic mass is 35.5. The molecule has 4 rings (SSSR count). The van der Waals surface area contributed by atoms with E-state index in [1.165, 1.54) is 5.56 Å². The number of benzene rings is 2. The van der Waals surface area contributed by atoms with Crippen LogP contribution in [0, 0.1) is 0 Å². The number of aryl methyl sites for hydroxylation is 1. The van der Waals surface area contributed by atoms with Crippen molar-refractivity contribution < 1.29 is 13.2 Å². The number of hydrogen-bond acceptors (Lipinski definition) is 4. The first kappa shape index (κ1) is 22.3. The number of nitrogens with zero attached hydrogens (tertiary/aromatic N) is 2. The van der Waals surface area contributed by atoms with Gasteiger partial charge in [0.05, 0.1) is 4.90 Å². The Balaban J connectivity index is 1.21. The second kappa shape index (κ2) is 9.69. The molecule has 0 bridgehead atoms. The maximum Gasteiger partial charge on any atom is 0.240 e. The molecule has 0 aromatic heterocycles. The third kappa shape index (κ3) is 6.29. The lowest BCUT2D eigenvalue weighted by Gasteiger charge is -2.34. The van der Waals surface area contributed by atoms with E-state index in [4.69, 9.17) is 11.6 Å². The maximum absolute atomic E-state index is 12.6. The molecule has 0 atom stereocenters. The molecule has 8 heteroatoms. The van der Waals surface area contributed by atoms with Crippen LogP contribution in [0.2, 0.25) is 5.02 Å². The molecule has 0 unspecified atom stereocenters. The molecule has 2 aromatic rings. The van der Waals surface area contributed by atoms with Crippen molar-refractivity contribution in [3.8, 4) is 0 Å². The zero-order valence-corrected chi connectivity index (χ0v) is 19.0. The summed E-state index contributed by atoms with van der Waals surface area (Å²) in [5.74, 6) is 0.151. The van der Waals surface area contributed by atoms with Gasteiger partial charge in [-0.05, 0) is 54.7 Å². The molecule has 0 spiro atoms. The van der Waals surface area contributed by atoms with Crippen LogP contribution < -0.4 is 4.72 Å². The van der Waals surface area contributed by atoms with E-state index in [9.17, 15) is 13.2 Å². The second-order valence-corrected chi connectivity index (χ2v) is 10.5. The summed E-state index contributed by atoms with van der Waals surface area (Å²) in [4.78, 5) is 17.2. The number of piperazine rings is 1. The van der Waals surface area contributed by atoms with E-state index in [1.807, 2.05) is 29.2 Å². The fraction of sp³-hybridized carbons (Fsp3) is 0.435. The molecule has 1 heterocycles. The highest BCUT2D eigenvalue weighted by Gasteiger charge is 2.28. The monoisotopic (exact) mass is 461 g/mol. The number of carbonyl (C=O) groups excluding carboxylic acids is 1. The lowest BCUT2D eigenvalue weighted by atomic mass is 10.1. The number of sulfonamides is 1. The Morgan fingerprint density at radius 2 is 1.55 bits per heavy atom. The zero-order chi connectivity index (χ0) is 21.8. The number of hydrogen-bond donors (Lipinski definition) is 1. The molecule has 2 aromatic carbocycles. The topological polar surface area (TPSA) is 69.7 Å². The van der Waals surface area contributed by atoms with Crippen LogP contribution in [0.3, 0.4) is 0 Å². The lowest BCUT2D eigenvalue weighted by molar-refractivity contribution is -0.133. The molecular weight excluding hydrogens is 434 g/mol. The van der Waals surface area contributed by atoms with Crippen LogP contribution in [0.4, 0.5) is 0 Å². The zero-order valence-electron chi connectivity index (χ0n) is 17.5. The first-order chi connectivity index (χ1) is 14.9. The highest BCUT2D eigenvalue weighted by molar-refractivity contribution is 7.89. The number of nitrogens with one attached hydrogen (secondary N) is 1. The Morgan fingerprint density at radius 3 is 2.16 bits per heavy atom. The van der Waals surface area contributed by atoms with Crippen molar-refractivity contribution in [2.75, 3.05) is 26.2 Å². The molecule has 1 saturated heterocycles. The van der Waals surface area contributed by atoms with E-state index in [1.54, 1.807) is 24.3 Å². The third-order valence-electron chi connectivity index (χ3n) is 5.80. The van der Waals surface area contributed by atoms with Gasteiger partial charge in [0.2, 0.25) is 15.9 Å². The van der Waals surface area contributed by atoms with Gasteiger partial charge in [0.15, 0.2) is 0 Å². The second-order valence-electron chi connectivity index (χ2n) is 8.32. The number of rotatable bonds is 8. The molecule has 1 aliphatic carbocycles. The van der Waals surface area contributed by atoms with Crippen molar-refractivity contribution in [3.63, 3.8) is 0 Å². The van der Waals surface area contributed by atoms with Gasteiger partial charge in [0.25, 0.3) is 0 Å². The summed E-state index contributed by atoms with van der Waals surface area (Å²) in [7, 11) is -3.43. The van der Waals surface area contributed by atoms with E-state index >= 15 is 0 Å². The van der Waals surface area contributed by atoms with Crippen LogP contribution in [0.5, 0.6) is 0 Å². The molecule has 2 aliphatic rings. The molecule has 2 fully saturated rings. The van der Waals surface area contributed by atoms with Gasteiger partial charge in [-0.1, -0.05) is 35.9 Å². The summed E-state index contributed by atoms with van der Waals surface area (Å²) in [5.41, 5.74) is 2.20. The lowest BCUT2D eigenvalue weighted by Crippen LogP contribution is -2.48. The van der Waals surface area contributed by atoms with Crippen molar-refractivity contribution in [2.45, 2.75) is 43.2 Å². The number of amides is 1. The van der Waals surface area contributed by atoms with Gasteiger partial charge < -0.3 is 4.90 Å². The van der Waals surface area contributed by atoms with E-state index < -0.39 is 10.0 Å². The average molecular weight is 462 g/mol. The van der Waals surface area contributed by atoms with Crippen molar-refractivity contribution in [2.24, 2.45) is 0 Å². The Labute approximate surface area is 189 Å². The van der Waals surface area contributed by atoms with Crippen LogP contribution in [0.15, 0.2) is 53.4 Å². The van der Waals surface area contributed by atoms with Gasteiger partial charge in [-0.15, -0.1) is 0 Å². The first-order valence-electron chi connectivity index (χ1n) is 10.7. The van der Waals surface area contributed by atoms with Gasteiger partial charge in [0, 0.05) is 50.2 Å². The Hall–Kier alpha value is -1.93. The van der Waals surface area contributed by atoms with Gasteiger partial charge >= 0.3 is 0 Å². The van der Waals surface area contributed by atoms with Gasteiger partial charge in [0.1, 0.15) is 0 Å². The first-order valence-corrected chi connectivity index (χ1v) is 12.6. The summed E-state index contributed by atoms with van der Waals surface area (Å²) in [6, 6.07) is 14.8. The van der Waals surface area contributed by atoms with Crippen molar-refractivity contribution in [1.82, 2.24) is 14.5 Å². The Bertz CT molecular complexity index is 997. The standard InChI is InChI=1S/C23H28ClN3O3S/c24-20-6-1-19(2-7-20)17-26-13-15-27(16-14-26)23(28)12-5-18-3-10-22(11-4-18)31(29,30)25-21-8-9-21/h1-4,6-7,10-11,21,25H,5,8-9,12-17H2.